The molecule has 0 aliphatic heterocycles. The van der Waals surface area contributed by atoms with Crippen molar-refractivity contribution in [3.05, 3.63) is 0 Å². The minimum absolute atomic E-state index is 0.986. The van der Waals surface area contributed by atoms with E-state index in [0.717, 1.165) is 0 Å². The van der Waals surface area contributed by atoms with Gasteiger partial charge in [-0.2, -0.15) is 0 Å². The van der Waals surface area contributed by atoms with Crippen LogP contribution in [-0.4, -0.2) is 52.0 Å². The Morgan fingerprint density at radius 2 is 1.26 bits per heavy atom. The average molecular weight is 342 g/mol. The molecule has 0 saturated carbocycles. The molecule has 114 valence electrons. The van der Waals surface area contributed by atoms with Gasteiger partial charge in [-0.25, -0.2) is 0 Å². The SMILES string of the molecule is O=C(O)C(CCP(=O)(O)O)C(P(=O)(O)O)P(=O)(O)O. The van der Waals surface area contributed by atoms with Gasteiger partial charge in [0.25, 0.3) is 0 Å². The van der Waals surface area contributed by atoms with Gasteiger partial charge in [0, 0.05) is 0 Å². The standard InChI is InChI=1S/C5H13O11P3/c6-4(7)3(1-2-17(8,9)10)5(18(11,12)13)19(14,15)16/h3,5H,1-2H2,(H,6,7)(H2,8,9,10)(H2,11,12,13)(H2,14,15,16). The van der Waals surface area contributed by atoms with E-state index in [4.69, 9.17) is 34.5 Å². The predicted molar refractivity (Wildman–Crippen MR) is 60.5 cm³/mol. The molecule has 0 spiro atoms. The zero-order valence-electron chi connectivity index (χ0n) is 9.17. The van der Waals surface area contributed by atoms with Crippen molar-refractivity contribution >= 4 is 28.8 Å². The van der Waals surface area contributed by atoms with Gasteiger partial charge in [-0.05, 0) is 6.42 Å². The summed E-state index contributed by atoms with van der Waals surface area (Å²) in [5.74, 6) is -4.25. The summed E-state index contributed by atoms with van der Waals surface area (Å²) in [4.78, 5) is 63.2. The van der Waals surface area contributed by atoms with Gasteiger partial charge in [0.1, 0.15) is 0 Å². The van der Waals surface area contributed by atoms with Crippen LogP contribution in [0, 0.1) is 5.92 Å². The lowest BCUT2D eigenvalue weighted by Gasteiger charge is -2.25. The highest BCUT2D eigenvalue weighted by atomic mass is 31.2. The highest BCUT2D eigenvalue weighted by Gasteiger charge is 2.51. The fourth-order valence-electron chi connectivity index (χ4n) is 1.37. The summed E-state index contributed by atoms with van der Waals surface area (Å²) in [6.45, 7) is 0. The number of carboxylic acids is 1. The molecule has 0 saturated heterocycles. The number of carbonyl (C=O) groups is 1. The molecule has 0 fully saturated rings. The van der Waals surface area contributed by atoms with Gasteiger partial charge in [-0.3, -0.25) is 18.5 Å². The summed E-state index contributed by atoms with van der Waals surface area (Å²) in [5, 5.41) is 5.88. The minimum Gasteiger partial charge on any atom is -0.481 e. The van der Waals surface area contributed by atoms with Crippen molar-refractivity contribution in [1.29, 1.82) is 0 Å². The molecule has 0 aliphatic carbocycles. The van der Waals surface area contributed by atoms with Crippen molar-refractivity contribution in [3.63, 3.8) is 0 Å². The van der Waals surface area contributed by atoms with Crippen LogP contribution in [0.15, 0.2) is 0 Å². The molecular formula is C5H13O11P3. The maximum Gasteiger partial charge on any atom is 0.341 e. The van der Waals surface area contributed by atoms with Crippen LogP contribution >= 0.6 is 22.8 Å². The number of hydrogen-bond acceptors (Lipinski definition) is 4. The van der Waals surface area contributed by atoms with E-state index in [1.54, 1.807) is 0 Å². The second-order valence-corrected chi connectivity index (χ2v) is 9.37. The third kappa shape index (κ3) is 6.76. The second-order valence-electron chi connectivity index (χ2n) is 3.71. The Balaban J connectivity index is 5.45. The third-order valence-corrected chi connectivity index (χ3v) is 6.84. The summed E-state index contributed by atoms with van der Waals surface area (Å²) in [7, 11) is -15.6. The van der Waals surface area contributed by atoms with Crippen molar-refractivity contribution in [3.8, 4) is 0 Å². The first-order valence-corrected chi connectivity index (χ1v) is 9.70. The third-order valence-electron chi connectivity index (χ3n) is 2.10. The molecule has 0 aromatic carbocycles. The number of aliphatic carboxylic acids is 1. The molecule has 0 bridgehead atoms. The average Bonchev–Trinajstić information content (AvgIpc) is 2.04. The highest BCUT2D eigenvalue weighted by Crippen LogP contribution is 2.63. The quantitative estimate of drug-likeness (QED) is 0.277. The summed E-state index contributed by atoms with van der Waals surface area (Å²) in [6.07, 6.45) is -2.05. The molecule has 0 aliphatic rings. The number of carboxylic acid groups (broad SMARTS) is 1. The van der Waals surface area contributed by atoms with E-state index in [-0.39, 0.29) is 0 Å². The molecular weight excluding hydrogens is 329 g/mol. The first-order valence-electron chi connectivity index (χ1n) is 4.54. The minimum atomic E-state index is -5.49. The molecule has 19 heavy (non-hydrogen) atoms. The Kier molecular flexibility index (Phi) is 6.11. The Labute approximate surface area is 106 Å². The zero-order valence-corrected chi connectivity index (χ0v) is 11.9. The largest absolute Gasteiger partial charge is 0.481 e. The van der Waals surface area contributed by atoms with Crippen molar-refractivity contribution in [2.45, 2.75) is 11.8 Å². The van der Waals surface area contributed by atoms with Crippen molar-refractivity contribution in [2.75, 3.05) is 6.16 Å². The molecule has 0 radical (unpaired) electrons. The smallest absolute Gasteiger partial charge is 0.341 e. The molecule has 0 rings (SSSR count). The fourth-order valence-corrected chi connectivity index (χ4v) is 5.05. The first-order chi connectivity index (χ1) is 8.16. The van der Waals surface area contributed by atoms with Crippen molar-refractivity contribution in [2.24, 2.45) is 5.92 Å². The van der Waals surface area contributed by atoms with Crippen LogP contribution in [0.5, 0.6) is 0 Å². The van der Waals surface area contributed by atoms with Gasteiger partial charge >= 0.3 is 28.8 Å². The topological polar surface area (TPSA) is 210 Å². The van der Waals surface area contributed by atoms with E-state index in [2.05, 4.69) is 0 Å². The van der Waals surface area contributed by atoms with E-state index < -0.39 is 52.7 Å². The molecule has 1 unspecified atom stereocenters. The lowest BCUT2D eigenvalue weighted by atomic mass is 10.1. The van der Waals surface area contributed by atoms with Crippen LogP contribution in [0.25, 0.3) is 0 Å². The highest BCUT2D eigenvalue weighted by molar-refractivity contribution is 7.71. The molecule has 11 nitrogen and oxygen atoms in total. The molecule has 1 atom stereocenters. The number of hydrogen-bond donors (Lipinski definition) is 7. The molecule has 0 aromatic rings. The summed E-state index contributed by atoms with van der Waals surface area (Å²) >= 11 is 0. The van der Waals surface area contributed by atoms with Crippen LogP contribution in [0.1, 0.15) is 6.42 Å². The maximum absolute atomic E-state index is 11.0. The van der Waals surface area contributed by atoms with Crippen LogP contribution in [0.4, 0.5) is 0 Å². The number of rotatable bonds is 7. The van der Waals surface area contributed by atoms with Gasteiger partial charge in [-0.15, -0.1) is 0 Å². The van der Waals surface area contributed by atoms with E-state index >= 15 is 0 Å². The van der Waals surface area contributed by atoms with Gasteiger partial charge in [0.2, 0.25) is 0 Å². The van der Waals surface area contributed by atoms with Crippen molar-refractivity contribution < 1.29 is 53.0 Å². The lowest BCUT2D eigenvalue weighted by molar-refractivity contribution is -0.141. The van der Waals surface area contributed by atoms with Gasteiger partial charge < -0.3 is 34.5 Å². The maximum atomic E-state index is 11.0. The second kappa shape index (κ2) is 6.13. The predicted octanol–water partition coefficient (Wildman–Crippen LogP) is -1.06. The Bertz CT molecular complexity index is 445. The van der Waals surface area contributed by atoms with E-state index in [1.807, 2.05) is 0 Å². The monoisotopic (exact) mass is 342 g/mol. The molecule has 0 aromatic heterocycles. The normalized spacial score (nSPS) is 15.5. The molecule has 0 heterocycles. The van der Waals surface area contributed by atoms with E-state index in [0.29, 0.717) is 0 Å². The van der Waals surface area contributed by atoms with Crippen molar-refractivity contribution in [1.82, 2.24) is 0 Å². The zero-order chi connectivity index (χ0) is 15.6. The molecule has 14 heteroatoms. The van der Waals surface area contributed by atoms with Crippen LogP contribution in [0.2, 0.25) is 0 Å². The van der Waals surface area contributed by atoms with Gasteiger partial charge in [-0.1, -0.05) is 0 Å². The lowest BCUT2D eigenvalue weighted by Crippen LogP contribution is -2.29. The van der Waals surface area contributed by atoms with Crippen LogP contribution < -0.4 is 0 Å². The Morgan fingerprint density at radius 3 is 1.47 bits per heavy atom. The van der Waals surface area contributed by atoms with E-state index in [9.17, 15) is 18.5 Å². The fraction of sp³-hybridized carbons (Fsp3) is 0.800. The summed E-state index contributed by atoms with van der Waals surface area (Å²) in [5.41, 5.74) is 0. The van der Waals surface area contributed by atoms with Crippen LogP contribution in [0.3, 0.4) is 0 Å². The summed E-state index contributed by atoms with van der Waals surface area (Å²) < 4.78 is 32.6. The molecule has 0 amide bonds. The molecule has 7 N–H and O–H groups in total. The van der Waals surface area contributed by atoms with Crippen LogP contribution in [-0.2, 0) is 18.5 Å². The Hall–Kier alpha value is -0.0800. The van der Waals surface area contributed by atoms with E-state index in [1.165, 1.54) is 0 Å². The van der Waals surface area contributed by atoms with Gasteiger partial charge in [0.15, 0.2) is 5.40 Å². The first kappa shape index (κ1) is 18.9. The Morgan fingerprint density at radius 1 is 0.895 bits per heavy atom. The summed E-state index contributed by atoms with van der Waals surface area (Å²) in [6, 6.07) is 0. The van der Waals surface area contributed by atoms with Gasteiger partial charge in [0.05, 0.1) is 12.1 Å².